The highest BCUT2D eigenvalue weighted by Crippen LogP contribution is 2.15. The molecule has 1 rings (SSSR count). The van der Waals surface area contributed by atoms with E-state index in [1.54, 1.807) is 24.3 Å². The maximum absolute atomic E-state index is 12.3. The first-order valence-electron chi connectivity index (χ1n) is 7.45. The van der Waals surface area contributed by atoms with E-state index in [-0.39, 0.29) is 17.7 Å². The summed E-state index contributed by atoms with van der Waals surface area (Å²) in [6, 6.07) is 6.20. The fraction of sp³-hybridized carbons (Fsp3) is 0.500. The molecule has 1 aromatic rings. The molecule has 5 nitrogen and oxygen atoms in total. The minimum atomic E-state index is -0.585. The van der Waals surface area contributed by atoms with Crippen molar-refractivity contribution in [2.75, 3.05) is 20.1 Å². The zero-order valence-corrected chi connectivity index (χ0v) is 14.0. The molecule has 0 bridgehead atoms. The SMILES string of the molecule is CNCCCNC(=O)C(NC(=O)c1ccccc1Cl)C(C)C. The van der Waals surface area contributed by atoms with Crippen molar-refractivity contribution in [3.05, 3.63) is 34.9 Å². The van der Waals surface area contributed by atoms with Gasteiger partial charge in [-0.15, -0.1) is 0 Å². The highest BCUT2D eigenvalue weighted by Gasteiger charge is 2.24. The first-order valence-corrected chi connectivity index (χ1v) is 7.83. The van der Waals surface area contributed by atoms with Crippen molar-refractivity contribution in [2.24, 2.45) is 5.92 Å². The zero-order chi connectivity index (χ0) is 16.5. The van der Waals surface area contributed by atoms with E-state index in [0.717, 1.165) is 13.0 Å². The molecule has 0 aromatic heterocycles. The van der Waals surface area contributed by atoms with Crippen molar-refractivity contribution in [2.45, 2.75) is 26.3 Å². The number of carbonyl (C=O) groups excluding carboxylic acids is 2. The number of nitrogens with one attached hydrogen (secondary N) is 3. The Balaban J connectivity index is 2.66. The first kappa shape index (κ1) is 18.5. The Bertz CT molecular complexity index is 506. The van der Waals surface area contributed by atoms with Crippen LogP contribution in [0, 0.1) is 5.92 Å². The van der Waals surface area contributed by atoms with Crippen molar-refractivity contribution in [1.29, 1.82) is 0 Å². The van der Waals surface area contributed by atoms with E-state index < -0.39 is 6.04 Å². The Morgan fingerprint density at radius 3 is 2.45 bits per heavy atom. The van der Waals surface area contributed by atoms with Crippen LogP contribution in [0.3, 0.4) is 0 Å². The van der Waals surface area contributed by atoms with E-state index in [4.69, 9.17) is 11.6 Å². The molecule has 0 spiro atoms. The van der Waals surface area contributed by atoms with Crippen LogP contribution in [0.15, 0.2) is 24.3 Å². The Kier molecular flexibility index (Phi) is 7.91. The molecule has 122 valence electrons. The van der Waals surface area contributed by atoms with Gasteiger partial charge in [0.1, 0.15) is 6.04 Å². The molecule has 0 heterocycles. The number of amides is 2. The monoisotopic (exact) mass is 325 g/mol. The quantitative estimate of drug-likeness (QED) is 0.639. The maximum atomic E-state index is 12.3. The Labute approximate surface area is 136 Å². The second-order valence-electron chi connectivity index (χ2n) is 5.42. The van der Waals surface area contributed by atoms with Crippen LogP contribution in [0.2, 0.25) is 5.02 Å². The Morgan fingerprint density at radius 1 is 1.18 bits per heavy atom. The van der Waals surface area contributed by atoms with Crippen LogP contribution in [-0.4, -0.2) is 38.0 Å². The third-order valence-corrected chi connectivity index (χ3v) is 3.59. The third kappa shape index (κ3) is 5.66. The van der Waals surface area contributed by atoms with E-state index in [9.17, 15) is 9.59 Å². The van der Waals surface area contributed by atoms with Gasteiger partial charge in [-0.3, -0.25) is 9.59 Å². The molecule has 0 aliphatic heterocycles. The van der Waals surface area contributed by atoms with Gasteiger partial charge in [-0.25, -0.2) is 0 Å². The van der Waals surface area contributed by atoms with E-state index in [1.807, 2.05) is 20.9 Å². The van der Waals surface area contributed by atoms with E-state index in [1.165, 1.54) is 0 Å². The summed E-state index contributed by atoms with van der Waals surface area (Å²) in [7, 11) is 1.86. The molecule has 3 N–H and O–H groups in total. The molecule has 1 atom stereocenters. The van der Waals surface area contributed by atoms with Crippen LogP contribution >= 0.6 is 11.6 Å². The zero-order valence-electron chi connectivity index (χ0n) is 13.3. The van der Waals surface area contributed by atoms with E-state index >= 15 is 0 Å². The molecule has 0 saturated heterocycles. The molecule has 22 heavy (non-hydrogen) atoms. The van der Waals surface area contributed by atoms with E-state index in [2.05, 4.69) is 16.0 Å². The van der Waals surface area contributed by atoms with Gasteiger partial charge in [0.2, 0.25) is 5.91 Å². The summed E-state index contributed by atoms with van der Waals surface area (Å²) >= 11 is 6.01. The molecule has 1 aromatic carbocycles. The standard InChI is InChI=1S/C16H24ClN3O2/c1-11(2)14(16(22)19-10-6-9-18-3)20-15(21)12-7-4-5-8-13(12)17/h4-5,7-8,11,14,18H,6,9-10H2,1-3H3,(H,19,22)(H,20,21). The fourth-order valence-electron chi connectivity index (χ4n) is 1.99. The minimum absolute atomic E-state index is 0.0178. The van der Waals surface area contributed by atoms with Gasteiger partial charge in [0.05, 0.1) is 10.6 Å². The van der Waals surface area contributed by atoms with Gasteiger partial charge in [0, 0.05) is 6.54 Å². The highest BCUT2D eigenvalue weighted by molar-refractivity contribution is 6.33. The summed E-state index contributed by atoms with van der Waals surface area (Å²) in [5.74, 6) is -0.531. The lowest BCUT2D eigenvalue weighted by Gasteiger charge is -2.22. The number of carbonyl (C=O) groups is 2. The number of benzene rings is 1. The molecular formula is C16H24ClN3O2. The number of halogens is 1. The predicted molar refractivity (Wildman–Crippen MR) is 89.1 cm³/mol. The van der Waals surface area contributed by atoms with Gasteiger partial charge >= 0.3 is 0 Å². The molecule has 2 amide bonds. The van der Waals surface area contributed by atoms with Crippen molar-refractivity contribution in [1.82, 2.24) is 16.0 Å². The summed E-state index contributed by atoms with van der Waals surface area (Å²) < 4.78 is 0. The second-order valence-corrected chi connectivity index (χ2v) is 5.83. The largest absolute Gasteiger partial charge is 0.354 e. The van der Waals surface area contributed by atoms with Crippen molar-refractivity contribution in [3.63, 3.8) is 0 Å². The number of hydrogen-bond donors (Lipinski definition) is 3. The summed E-state index contributed by atoms with van der Waals surface area (Å²) in [6.07, 6.45) is 0.839. The summed E-state index contributed by atoms with van der Waals surface area (Å²) in [4.78, 5) is 24.5. The van der Waals surface area contributed by atoms with Crippen molar-refractivity contribution in [3.8, 4) is 0 Å². The van der Waals surface area contributed by atoms with Gasteiger partial charge in [0.15, 0.2) is 0 Å². The summed E-state index contributed by atoms with van der Waals surface area (Å²) in [5, 5.41) is 9.00. The lowest BCUT2D eigenvalue weighted by molar-refractivity contribution is -0.123. The predicted octanol–water partition coefficient (Wildman–Crippen LogP) is 1.82. The van der Waals surface area contributed by atoms with Gasteiger partial charge in [-0.05, 0) is 38.1 Å². The summed E-state index contributed by atoms with van der Waals surface area (Å²) in [5.41, 5.74) is 0.373. The highest BCUT2D eigenvalue weighted by atomic mass is 35.5. The van der Waals surface area contributed by atoms with Crippen molar-refractivity contribution < 1.29 is 9.59 Å². The lowest BCUT2D eigenvalue weighted by atomic mass is 10.0. The minimum Gasteiger partial charge on any atom is -0.354 e. The van der Waals surface area contributed by atoms with Crippen LogP contribution in [0.1, 0.15) is 30.6 Å². The van der Waals surface area contributed by atoms with Gasteiger partial charge in [0.25, 0.3) is 5.91 Å². The lowest BCUT2D eigenvalue weighted by Crippen LogP contribution is -2.50. The second kappa shape index (κ2) is 9.43. The van der Waals surface area contributed by atoms with Crippen LogP contribution < -0.4 is 16.0 Å². The van der Waals surface area contributed by atoms with E-state index in [0.29, 0.717) is 17.1 Å². The molecule has 0 saturated carbocycles. The average molecular weight is 326 g/mol. The topological polar surface area (TPSA) is 70.2 Å². The van der Waals surface area contributed by atoms with Crippen LogP contribution in [0.5, 0.6) is 0 Å². The molecule has 0 radical (unpaired) electrons. The Morgan fingerprint density at radius 2 is 1.86 bits per heavy atom. The molecule has 0 aliphatic carbocycles. The fourth-order valence-corrected chi connectivity index (χ4v) is 2.21. The molecule has 0 fully saturated rings. The number of rotatable bonds is 8. The maximum Gasteiger partial charge on any atom is 0.253 e. The van der Waals surface area contributed by atoms with Crippen LogP contribution in [0.4, 0.5) is 0 Å². The molecule has 6 heteroatoms. The molecule has 1 unspecified atom stereocenters. The smallest absolute Gasteiger partial charge is 0.253 e. The first-order chi connectivity index (χ1) is 10.5. The molecule has 0 aliphatic rings. The average Bonchev–Trinajstić information content (AvgIpc) is 2.49. The number of hydrogen-bond acceptors (Lipinski definition) is 3. The van der Waals surface area contributed by atoms with Gasteiger partial charge in [-0.2, -0.15) is 0 Å². The summed E-state index contributed by atoms with van der Waals surface area (Å²) in [6.45, 7) is 5.19. The third-order valence-electron chi connectivity index (χ3n) is 3.26. The van der Waals surface area contributed by atoms with Crippen LogP contribution in [-0.2, 0) is 4.79 Å². The van der Waals surface area contributed by atoms with Crippen LogP contribution in [0.25, 0.3) is 0 Å². The normalized spacial score (nSPS) is 12.0. The van der Waals surface area contributed by atoms with Crippen molar-refractivity contribution >= 4 is 23.4 Å². The molecular weight excluding hydrogens is 302 g/mol. The Hall–Kier alpha value is -1.59. The van der Waals surface area contributed by atoms with Gasteiger partial charge in [-0.1, -0.05) is 37.6 Å². The van der Waals surface area contributed by atoms with Gasteiger partial charge < -0.3 is 16.0 Å².